The van der Waals surface area contributed by atoms with Gasteiger partial charge in [0.1, 0.15) is 0 Å². The average molecular weight is 318 g/mol. The number of hydrogen-bond acceptors (Lipinski definition) is 1. The summed E-state index contributed by atoms with van der Waals surface area (Å²) >= 11 is 3.67. The van der Waals surface area contributed by atoms with Crippen LogP contribution in [0.2, 0.25) is 0 Å². The molecule has 2 aromatic rings. The van der Waals surface area contributed by atoms with Crippen LogP contribution in [-0.4, -0.2) is 7.05 Å². The molecule has 1 nitrogen and oxygen atoms in total. The van der Waals surface area contributed by atoms with E-state index in [1.165, 1.54) is 26.7 Å². The van der Waals surface area contributed by atoms with Gasteiger partial charge in [-0.2, -0.15) is 0 Å². The van der Waals surface area contributed by atoms with Gasteiger partial charge < -0.3 is 5.32 Å². The standard InChI is InChI=1S/C17H20BrN/c1-12-4-7-14(8-5-12)11-17(19-3)15-9-6-13(2)10-16(15)18/h4-10,17,19H,11H2,1-3H3. The molecule has 0 aliphatic rings. The van der Waals surface area contributed by atoms with Crippen LogP contribution in [0.15, 0.2) is 46.9 Å². The molecule has 0 amide bonds. The number of rotatable bonds is 4. The predicted octanol–water partition coefficient (Wildman–Crippen LogP) is 4.57. The molecular formula is C17H20BrN. The lowest BCUT2D eigenvalue weighted by molar-refractivity contribution is 0.589. The summed E-state index contributed by atoms with van der Waals surface area (Å²) in [6.07, 6.45) is 0.998. The lowest BCUT2D eigenvalue weighted by Gasteiger charge is -2.19. The number of halogens is 1. The molecule has 2 rings (SSSR count). The van der Waals surface area contributed by atoms with Gasteiger partial charge in [-0.3, -0.25) is 0 Å². The third-order valence-electron chi connectivity index (χ3n) is 3.44. The first-order valence-corrected chi connectivity index (χ1v) is 7.38. The van der Waals surface area contributed by atoms with Crippen molar-refractivity contribution in [3.63, 3.8) is 0 Å². The van der Waals surface area contributed by atoms with Crippen molar-refractivity contribution in [1.82, 2.24) is 5.32 Å². The van der Waals surface area contributed by atoms with Crippen molar-refractivity contribution in [2.45, 2.75) is 26.3 Å². The Balaban J connectivity index is 2.22. The van der Waals surface area contributed by atoms with Crippen molar-refractivity contribution in [3.8, 4) is 0 Å². The third-order valence-corrected chi connectivity index (χ3v) is 4.13. The van der Waals surface area contributed by atoms with E-state index in [9.17, 15) is 0 Å². The number of likely N-dealkylation sites (N-methyl/N-ethyl adjacent to an activating group) is 1. The zero-order chi connectivity index (χ0) is 13.8. The largest absolute Gasteiger partial charge is 0.313 e. The highest BCUT2D eigenvalue weighted by atomic mass is 79.9. The predicted molar refractivity (Wildman–Crippen MR) is 85.6 cm³/mol. The Labute approximate surface area is 124 Å². The van der Waals surface area contributed by atoms with Gasteiger partial charge in [-0.1, -0.05) is 57.9 Å². The van der Waals surface area contributed by atoms with Crippen molar-refractivity contribution >= 4 is 15.9 Å². The molecular weight excluding hydrogens is 298 g/mol. The summed E-state index contributed by atoms with van der Waals surface area (Å²) < 4.78 is 1.18. The minimum Gasteiger partial charge on any atom is -0.313 e. The minimum absolute atomic E-state index is 0.331. The van der Waals surface area contributed by atoms with Crippen LogP contribution in [0.1, 0.15) is 28.3 Å². The molecule has 0 aromatic heterocycles. The van der Waals surface area contributed by atoms with Crippen LogP contribution in [0.4, 0.5) is 0 Å². The summed E-state index contributed by atoms with van der Waals surface area (Å²) in [6, 6.07) is 15.6. The van der Waals surface area contributed by atoms with E-state index in [0.717, 1.165) is 6.42 Å². The van der Waals surface area contributed by atoms with Crippen molar-refractivity contribution in [2.24, 2.45) is 0 Å². The van der Waals surface area contributed by atoms with E-state index in [1.807, 2.05) is 7.05 Å². The first kappa shape index (κ1) is 14.3. The van der Waals surface area contributed by atoms with Gasteiger partial charge >= 0.3 is 0 Å². The number of hydrogen-bond donors (Lipinski definition) is 1. The first-order valence-electron chi connectivity index (χ1n) is 6.59. The van der Waals surface area contributed by atoms with Crippen molar-refractivity contribution in [2.75, 3.05) is 7.05 Å². The number of nitrogens with one attached hydrogen (secondary N) is 1. The molecule has 0 heterocycles. The fraction of sp³-hybridized carbons (Fsp3) is 0.294. The summed E-state index contributed by atoms with van der Waals surface area (Å²) in [5.74, 6) is 0. The van der Waals surface area contributed by atoms with Crippen molar-refractivity contribution in [3.05, 3.63) is 69.2 Å². The summed E-state index contributed by atoms with van der Waals surface area (Å²) in [7, 11) is 2.02. The summed E-state index contributed by atoms with van der Waals surface area (Å²) in [6.45, 7) is 4.23. The normalized spacial score (nSPS) is 12.4. The lowest BCUT2D eigenvalue weighted by atomic mass is 9.97. The maximum Gasteiger partial charge on any atom is 0.0369 e. The summed E-state index contributed by atoms with van der Waals surface area (Å²) in [5.41, 5.74) is 5.26. The van der Waals surface area contributed by atoms with Crippen LogP contribution in [0.25, 0.3) is 0 Å². The second-order valence-electron chi connectivity index (χ2n) is 5.06. The Kier molecular flexibility index (Phi) is 4.78. The Morgan fingerprint density at radius 2 is 1.63 bits per heavy atom. The molecule has 0 saturated carbocycles. The van der Waals surface area contributed by atoms with E-state index in [1.54, 1.807) is 0 Å². The molecule has 0 radical (unpaired) electrons. The highest BCUT2D eigenvalue weighted by Crippen LogP contribution is 2.27. The molecule has 2 aromatic carbocycles. The maximum absolute atomic E-state index is 3.67. The highest BCUT2D eigenvalue weighted by molar-refractivity contribution is 9.10. The molecule has 100 valence electrons. The molecule has 1 atom stereocenters. The van der Waals surface area contributed by atoms with Crippen molar-refractivity contribution < 1.29 is 0 Å². The smallest absolute Gasteiger partial charge is 0.0369 e. The Morgan fingerprint density at radius 1 is 1.00 bits per heavy atom. The fourth-order valence-corrected chi connectivity index (χ4v) is 3.01. The van der Waals surface area contributed by atoms with Gasteiger partial charge in [0.2, 0.25) is 0 Å². The molecule has 1 N–H and O–H groups in total. The van der Waals surface area contributed by atoms with Gasteiger partial charge in [-0.05, 0) is 50.1 Å². The molecule has 0 fully saturated rings. The molecule has 0 aliphatic heterocycles. The number of aryl methyl sites for hydroxylation is 2. The monoisotopic (exact) mass is 317 g/mol. The summed E-state index contributed by atoms with van der Waals surface area (Å²) in [4.78, 5) is 0. The zero-order valence-corrected chi connectivity index (χ0v) is 13.3. The second-order valence-corrected chi connectivity index (χ2v) is 5.91. The van der Waals surface area contributed by atoms with E-state index in [-0.39, 0.29) is 0 Å². The molecule has 0 bridgehead atoms. The van der Waals surface area contributed by atoms with Crippen LogP contribution in [0.3, 0.4) is 0 Å². The first-order chi connectivity index (χ1) is 9.10. The minimum atomic E-state index is 0.331. The van der Waals surface area contributed by atoms with Crippen LogP contribution in [0.5, 0.6) is 0 Å². The molecule has 1 unspecified atom stereocenters. The average Bonchev–Trinajstić information content (AvgIpc) is 2.39. The zero-order valence-electron chi connectivity index (χ0n) is 11.7. The van der Waals surface area contributed by atoms with Crippen molar-refractivity contribution in [1.29, 1.82) is 0 Å². The van der Waals surface area contributed by atoms with Gasteiger partial charge in [-0.15, -0.1) is 0 Å². The van der Waals surface area contributed by atoms with Gasteiger partial charge in [-0.25, -0.2) is 0 Å². The third kappa shape index (κ3) is 3.68. The van der Waals surface area contributed by atoms with Crippen LogP contribution >= 0.6 is 15.9 Å². The van der Waals surface area contributed by atoms with E-state index in [4.69, 9.17) is 0 Å². The van der Waals surface area contributed by atoms with Crippen LogP contribution < -0.4 is 5.32 Å². The topological polar surface area (TPSA) is 12.0 Å². The fourth-order valence-electron chi connectivity index (χ4n) is 2.24. The van der Waals surface area contributed by atoms with E-state index >= 15 is 0 Å². The Morgan fingerprint density at radius 3 is 2.21 bits per heavy atom. The van der Waals surface area contributed by atoms with Crippen LogP contribution in [-0.2, 0) is 6.42 Å². The summed E-state index contributed by atoms with van der Waals surface area (Å²) in [5, 5.41) is 3.41. The molecule has 2 heteroatoms. The van der Waals surface area contributed by atoms with E-state index in [2.05, 4.69) is 77.6 Å². The Bertz CT molecular complexity index is 546. The molecule has 0 aliphatic carbocycles. The van der Waals surface area contributed by atoms with Gasteiger partial charge in [0.15, 0.2) is 0 Å². The van der Waals surface area contributed by atoms with Gasteiger partial charge in [0.25, 0.3) is 0 Å². The van der Waals surface area contributed by atoms with E-state index in [0.29, 0.717) is 6.04 Å². The molecule has 0 saturated heterocycles. The van der Waals surface area contributed by atoms with Crippen LogP contribution in [0, 0.1) is 13.8 Å². The van der Waals surface area contributed by atoms with Gasteiger partial charge in [0.05, 0.1) is 0 Å². The Hall–Kier alpha value is -1.12. The SMILES string of the molecule is CNC(Cc1ccc(C)cc1)c1ccc(C)cc1Br. The molecule has 0 spiro atoms. The quantitative estimate of drug-likeness (QED) is 0.871. The maximum atomic E-state index is 3.67. The second kappa shape index (κ2) is 6.36. The number of benzene rings is 2. The lowest BCUT2D eigenvalue weighted by Crippen LogP contribution is -2.19. The highest BCUT2D eigenvalue weighted by Gasteiger charge is 2.13. The van der Waals surface area contributed by atoms with E-state index < -0.39 is 0 Å². The van der Waals surface area contributed by atoms with Gasteiger partial charge in [0, 0.05) is 10.5 Å². The molecule has 19 heavy (non-hydrogen) atoms.